The van der Waals surface area contributed by atoms with Crippen molar-refractivity contribution < 1.29 is 17.6 Å². The van der Waals surface area contributed by atoms with Gasteiger partial charge in [-0.3, -0.25) is 0 Å². The van der Waals surface area contributed by atoms with Gasteiger partial charge in [-0.2, -0.15) is 0 Å². The van der Waals surface area contributed by atoms with Crippen molar-refractivity contribution in [2.75, 3.05) is 0 Å². The molecule has 0 spiro atoms. The number of fused-ring (bicyclic) bond motifs is 1. The average Bonchev–Trinajstić information content (AvgIpc) is 2.73. The third kappa shape index (κ3) is 4.33. The topological polar surface area (TPSA) is 0 Å². The molecule has 0 bridgehead atoms. The van der Waals surface area contributed by atoms with Crippen LogP contribution in [0, 0.1) is 41.0 Å². The second-order valence-electron chi connectivity index (χ2n) is 9.06. The Bertz CT molecular complexity index is 896. The van der Waals surface area contributed by atoms with Crippen LogP contribution in [-0.4, -0.2) is 0 Å². The number of halogens is 4. The van der Waals surface area contributed by atoms with Gasteiger partial charge >= 0.3 is 0 Å². The van der Waals surface area contributed by atoms with E-state index in [2.05, 4.69) is 6.58 Å². The summed E-state index contributed by atoms with van der Waals surface area (Å²) in [6.07, 6.45) is 11.0. The van der Waals surface area contributed by atoms with Gasteiger partial charge in [0.1, 0.15) is 11.6 Å². The first kappa shape index (κ1) is 21.1. The molecule has 4 atom stereocenters. The number of allylic oxidation sites excluding steroid dienone is 1. The highest BCUT2D eigenvalue weighted by molar-refractivity contribution is 5.65. The van der Waals surface area contributed by atoms with Gasteiger partial charge in [0.05, 0.1) is 5.56 Å². The van der Waals surface area contributed by atoms with Crippen molar-refractivity contribution in [2.45, 2.75) is 57.3 Å². The summed E-state index contributed by atoms with van der Waals surface area (Å²) in [5.74, 6) is -1.30. The minimum Gasteiger partial charge on any atom is -0.206 e. The van der Waals surface area contributed by atoms with Gasteiger partial charge in [0, 0.05) is 0 Å². The summed E-state index contributed by atoms with van der Waals surface area (Å²) >= 11 is 0. The van der Waals surface area contributed by atoms with E-state index in [4.69, 9.17) is 0 Å². The van der Waals surface area contributed by atoms with E-state index in [0.29, 0.717) is 11.5 Å². The molecule has 2 aromatic rings. The molecule has 0 amide bonds. The van der Waals surface area contributed by atoms with E-state index in [9.17, 15) is 17.6 Å². The number of rotatable bonds is 5. The third-order valence-electron chi connectivity index (χ3n) is 7.24. The number of hydrogen-bond acceptors (Lipinski definition) is 0. The molecule has 0 saturated heterocycles. The lowest BCUT2D eigenvalue weighted by molar-refractivity contribution is 0.115. The second-order valence-corrected chi connectivity index (χ2v) is 9.06. The van der Waals surface area contributed by atoms with Gasteiger partial charge in [0.25, 0.3) is 0 Å². The monoisotopic (exact) mass is 416 g/mol. The average molecular weight is 417 g/mol. The molecule has 30 heavy (non-hydrogen) atoms. The van der Waals surface area contributed by atoms with Crippen molar-refractivity contribution in [2.24, 2.45) is 17.8 Å². The predicted molar refractivity (Wildman–Crippen MR) is 112 cm³/mol. The summed E-state index contributed by atoms with van der Waals surface area (Å²) < 4.78 is 56.3. The molecule has 4 rings (SSSR count). The van der Waals surface area contributed by atoms with Crippen LogP contribution in [0.25, 0.3) is 11.1 Å². The molecule has 2 aliphatic rings. The molecular weight excluding hydrogens is 388 g/mol. The molecule has 2 fully saturated rings. The summed E-state index contributed by atoms with van der Waals surface area (Å²) in [4.78, 5) is 0. The molecule has 0 N–H and O–H groups in total. The van der Waals surface area contributed by atoms with E-state index < -0.39 is 23.3 Å². The molecule has 0 nitrogen and oxygen atoms in total. The zero-order chi connectivity index (χ0) is 21.3. The van der Waals surface area contributed by atoms with E-state index in [1.165, 1.54) is 43.9 Å². The first-order valence-electron chi connectivity index (χ1n) is 11.0. The summed E-state index contributed by atoms with van der Waals surface area (Å²) in [6, 6.07) is 5.72. The molecule has 0 heterocycles. The standard InChI is InChI=1S/C26H28F4/c1-2-3-4-16-5-6-18-12-19(8-7-17(18)11-16)21-14-24(29)26(25(30)15-21)20-9-10-22(27)23(28)13-20/h2,9-10,13-19H,1,3-8,11-12H2. The summed E-state index contributed by atoms with van der Waals surface area (Å²) in [6.45, 7) is 3.82. The molecule has 0 aromatic heterocycles. The molecule has 2 aromatic carbocycles. The summed E-state index contributed by atoms with van der Waals surface area (Å²) in [5.41, 5.74) is 0.398. The normalized spacial score (nSPS) is 26.3. The van der Waals surface area contributed by atoms with Crippen molar-refractivity contribution in [3.05, 3.63) is 71.8 Å². The lowest BCUT2D eigenvalue weighted by atomic mass is 9.63. The van der Waals surface area contributed by atoms with Crippen molar-refractivity contribution in [3.8, 4) is 11.1 Å². The maximum atomic E-state index is 14.8. The van der Waals surface area contributed by atoms with Gasteiger partial charge in [-0.25, -0.2) is 17.6 Å². The fourth-order valence-electron chi connectivity index (χ4n) is 5.66. The van der Waals surface area contributed by atoms with Crippen LogP contribution in [-0.2, 0) is 0 Å². The number of benzene rings is 2. The van der Waals surface area contributed by atoms with Gasteiger partial charge in [0.15, 0.2) is 11.6 Å². The van der Waals surface area contributed by atoms with Crippen LogP contribution >= 0.6 is 0 Å². The maximum Gasteiger partial charge on any atom is 0.159 e. The summed E-state index contributed by atoms with van der Waals surface area (Å²) in [7, 11) is 0. The van der Waals surface area contributed by atoms with Gasteiger partial charge in [0.2, 0.25) is 0 Å². The molecule has 160 valence electrons. The quantitative estimate of drug-likeness (QED) is 0.340. The van der Waals surface area contributed by atoms with E-state index in [-0.39, 0.29) is 17.0 Å². The highest BCUT2D eigenvalue weighted by atomic mass is 19.2. The van der Waals surface area contributed by atoms with Crippen LogP contribution in [0.1, 0.15) is 62.8 Å². The Morgan fingerprint density at radius 1 is 0.800 bits per heavy atom. The van der Waals surface area contributed by atoms with Crippen molar-refractivity contribution in [1.82, 2.24) is 0 Å². The van der Waals surface area contributed by atoms with E-state index in [1.807, 2.05) is 6.08 Å². The summed E-state index contributed by atoms with van der Waals surface area (Å²) in [5, 5.41) is 0. The van der Waals surface area contributed by atoms with Crippen LogP contribution in [0.5, 0.6) is 0 Å². The third-order valence-corrected chi connectivity index (χ3v) is 7.24. The highest BCUT2D eigenvalue weighted by Gasteiger charge is 2.36. The predicted octanol–water partition coefficient (Wildman–Crippen LogP) is 8.18. The molecule has 4 unspecified atom stereocenters. The van der Waals surface area contributed by atoms with Gasteiger partial charge in [-0.05, 0) is 104 Å². The van der Waals surface area contributed by atoms with Gasteiger partial charge in [-0.1, -0.05) is 18.6 Å². The maximum absolute atomic E-state index is 14.8. The van der Waals surface area contributed by atoms with Crippen LogP contribution in [0.2, 0.25) is 0 Å². The lowest BCUT2D eigenvalue weighted by Crippen LogP contribution is -2.30. The Balaban J connectivity index is 1.49. The minimum absolute atomic E-state index is 0.0111. The van der Waals surface area contributed by atoms with Crippen molar-refractivity contribution in [3.63, 3.8) is 0 Å². The van der Waals surface area contributed by atoms with Crippen molar-refractivity contribution in [1.29, 1.82) is 0 Å². The molecule has 0 radical (unpaired) electrons. The van der Waals surface area contributed by atoms with Crippen molar-refractivity contribution >= 4 is 0 Å². The molecule has 2 aliphatic carbocycles. The first-order chi connectivity index (χ1) is 14.5. The van der Waals surface area contributed by atoms with Crippen LogP contribution in [0.15, 0.2) is 43.0 Å². The lowest BCUT2D eigenvalue weighted by Gasteiger charge is -2.42. The Hall–Kier alpha value is -2.10. The Morgan fingerprint density at radius 3 is 2.20 bits per heavy atom. The molecule has 4 heteroatoms. The Kier molecular flexibility index (Phi) is 6.31. The van der Waals surface area contributed by atoms with Crippen LogP contribution < -0.4 is 0 Å². The SMILES string of the molecule is C=CCCC1CCC2CC(c3cc(F)c(-c4ccc(F)c(F)c4)c(F)c3)CCC2C1. The molecule has 0 aliphatic heterocycles. The number of hydrogen-bond donors (Lipinski definition) is 0. The van der Waals surface area contributed by atoms with E-state index in [0.717, 1.165) is 49.7 Å². The second kappa shape index (κ2) is 8.95. The Morgan fingerprint density at radius 2 is 1.50 bits per heavy atom. The van der Waals surface area contributed by atoms with Gasteiger partial charge < -0.3 is 0 Å². The fourth-order valence-corrected chi connectivity index (χ4v) is 5.66. The fraction of sp³-hybridized carbons (Fsp3) is 0.462. The zero-order valence-electron chi connectivity index (χ0n) is 17.1. The molecule has 2 saturated carbocycles. The zero-order valence-corrected chi connectivity index (χ0v) is 17.1. The van der Waals surface area contributed by atoms with E-state index >= 15 is 0 Å². The first-order valence-corrected chi connectivity index (χ1v) is 11.0. The molecular formula is C26H28F4. The Labute approximate surface area is 176 Å². The van der Waals surface area contributed by atoms with Gasteiger partial charge in [-0.15, -0.1) is 6.58 Å². The highest BCUT2D eigenvalue weighted by Crippen LogP contribution is 2.48. The van der Waals surface area contributed by atoms with E-state index in [1.54, 1.807) is 0 Å². The minimum atomic E-state index is -1.11. The largest absolute Gasteiger partial charge is 0.206 e. The van der Waals surface area contributed by atoms with Crippen LogP contribution in [0.4, 0.5) is 17.6 Å². The smallest absolute Gasteiger partial charge is 0.159 e. The van der Waals surface area contributed by atoms with Crippen LogP contribution in [0.3, 0.4) is 0 Å².